The highest BCUT2D eigenvalue weighted by molar-refractivity contribution is 5.56. The quantitative estimate of drug-likeness (QED) is 0.926. The van der Waals surface area contributed by atoms with E-state index in [-0.39, 0.29) is 17.5 Å². The Balaban J connectivity index is 1.84. The van der Waals surface area contributed by atoms with Gasteiger partial charge in [0.25, 0.3) is 0 Å². The predicted molar refractivity (Wildman–Crippen MR) is 74.6 cm³/mol. The van der Waals surface area contributed by atoms with Crippen LogP contribution in [0.2, 0.25) is 0 Å². The Labute approximate surface area is 122 Å². The molecule has 1 N–H and O–H groups in total. The first-order chi connectivity index (χ1) is 9.99. The zero-order chi connectivity index (χ0) is 15.0. The number of nitrogens with one attached hydrogen (secondary N) is 1. The van der Waals surface area contributed by atoms with Gasteiger partial charge in [0.15, 0.2) is 0 Å². The molecule has 0 radical (unpaired) electrons. The fraction of sp³-hybridized carbons (Fsp3) is 0.600. The van der Waals surface area contributed by atoms with Crippen LogP contribution in [0.5, 0.6) is 5.75 Å². The first-order valence-electron chi connectivity index (χ1n) is 7.25. The standard InChI is InChI=1S/C15H19F3N2O/c1-21-10-4-5-12(11(9-10)15(16,17)18)19-13-6-8-20-7-2-3-14(13)20/h4-5,9,13-14,19H,2-3,6-8H2,1H3. The molecule has 6 heteroatoms. The van der Waals surface area contributed by atoms with Crippen molar-refractivity contribution < 1.29 is 17.9 Å². The number of ether oxygens (including phenoxy) is 1. The molecule has 3 nitrogen and oxygen atoms in total. The van der Waals surface area contributed by atoms with Crippen molar-refractivity contribution in [3.05, 3.63) is 23.8 Å². The van der Waals surface area contributed by atoms with Crippen molar-refractivity contribution in [1.29, 1.82) is 0 Å². The van der Waals surface area contributed by atoms with E-state index in [0.717, 1.165) is 38.4 Å². The molecular weight excluding hydrogens is 281 g/mol. The third kappa shape index (κ3) is 2.81. The first-order valence-corrected chi connectivity index (χ1v) is 7.25. The molecule has 2 aliphatic rings. The Morgan fingerprint density at radius 3 is 2.76 bits per heavy atom. The minimum absolute atomic E-state index is 0.0991. The number of fused-ring (bicyclic) bond motifs is 1. The summed E-state index contributed by atoms with van der Waals surface area (Å²) in [6.07, 6.45) is -1.29. The zero-order valence-electron chi connectivity index (χ0n) is 11.9. The smallest absolute Gasteiger partial charge is 0.418 e. The minimum atomic E-state index is -4.38. The maximum atomic E-state index is 13.2. The van der Waals surface area contributed by atoms with Gasteiger partial charge in [-0.2, -0.15) is 13.2 Å². The zero-order valence-corrected chi connectivity index (χ0v) is 11.9. The van der Waals surface area contributed by atoms with Gasteiger partial charge in [0.1, 0.15) is 5.75 Å². The minimum Gasteiger partial charge on any atom is -0.497 e. The number of hydrogen-bond donors (Lipinski definition) is 1. The highest BCUT2D eigenvalue weighted by atomic mass is 19.4. The third-order valence-corrected chi connectivity index (χ3v) is 4.48. The van der Waals surface area contributed by atoms with Gasteiger partial charge in [0.05, 0.1) is 12.7 Å². The van der Waals surface area contributed by atoms with Gasteiger partial charge in [-0.15, -0.1) is 0 Å². The van der Waals surface area contributed by atoms with Gasteiger partial charge in [-0.3, -0.25) is 4.90 Å². The van der Waals surface area contributed by atoms with Crippen LogP contribution in [0.3, 0.4) is 0 Å². The van der Waals surface area contributed by atoms with E-state index in [2.05, 4.69) is 10.2 Å². The van der Waals surface area contributed by atoms with E-state index < -0.39 is 11.7 Å². The van der Waals surface area contributed by atoms with Crippen molar-refractivity contribution in [1.82, 2.24) is 4.90 Å². The number of anilines is 1. The van der Waals surface area contributed by atoms with Gasteiger partial charge in [0, 0.05) is 24.3 Å². The molecule has 0 bridgehead atoms. The molecule has 2 fully saturated rings. The average molecular weight is 300 g/mol. The predicted octanol–water partition coefficient (Wildman–Crippen LogP) is 3.36. The molecule has 21 heavy (non-hydrogen) atoms. The normalized spacial score (nSPS) is 25.9. The molecule has 0 spiro atoms. The van der Waals surface area contributed by atoms with Gasteiger partial charge in [-0.25, -0.2) is 0 Å². The molecule has 2 unspecified atom stereocenters. The Morgan fingerprint density at radius 1 is 1.24 bits per heavy atom. The van der Waals surface area contributed by atoms with Crippen LogP contribution in [-0.4, -0.2) is 37.2 Å². The summed E-state index contributed by atoms with van der Waals surface area (Å²) in [5, 5.41) is 3.12. The second-order valence-electron chi connectivity index (χ2n) is 5.69. The van der Waals surface area contributed by atoms with Gasteiger partial charge < -0.3 is 10.1 Å². The van der Waals surface area contributed by atoms with E-state index in [4.69, 9.17) is 4.74 Å². The second kappa shape index (κ2) is 5.40. The van der Waals surface area contributed by atoms with E-state index in [1.165, 1.54) is 13.2 Å². The number of methoxy groups -OCH3 is 1. The fourth-order valence-corrected chi connectivity index (χ4v) is 3.46. The van der Waals surface area contributed by atoms with E-state index in [9.17, 15) is 13.2 Å². The van der Waals surface area contributed by atoms with Crippen LogP contribution < -0.4 is 10.1 Å². The molecule has 1 aromatic carbocycles. The van der Waals surface area contributed by atoms with Gasteiger partial charge >= 0.3 is 6.18 Å². The Bertz CT molecular complexity index is 518. The van der Waals surface area contributed by atoms with Crippen LogP contribution in [-0.2, 0) is 6.18 Å². The van der Waals surface area contributed by atoms with Crippen LogP contribution in [0, 0.1) is 0 Å². The Hall–Kier alpha value is -1.43. The largest absolute Gasteiger partial charge is 0.497 e. The topological polar surface area (TPSA) is 24.5 Å². The first kappa shape index (κ1) is 14.5. The molecule has 116 valence electrons. The van der Waals surface area contributed by atoms with Gasteiger partial charge in [-0.05, 0) is 44.0 Å². The lowest BCUT2D eigenvalue weighted by molar-refractivity contribution is -0.137. The number of hydrogen-bond acceptors (Lipinski definition) is 3. The Morgan fingerprint density at radius 2 is 2.05 bits per heavy atom. The van der Waals surface area contributed by atoms with Crippen LogP contribution in [0.4, 0.5) is 18.9 Å². The summed E-state index contributed by atoms with van der Waals surface area (Å²) in [6.45, 7) is 2.04. The molecule has 2 atom stereocenters. The summed E-state index contributed by atoms with van der Waals surface area (Å²) in [7, 11) is 1.37. The van der Waals surface area contributed by atoms with E-state index in [0.29, 0.717) is 6.04 Å². The average Bonchev–Trinajstić information content (AvgIpc) is 3.03. The number of benzene rings is 1. The molecule has 0 aromatic heterocycles. The summed E-state index contributed by atoms with van der Waals surface area (Å²) in [5.74, 6) is 0.224. The van der Waals surface area contributed by atoms with Crippen molar-refractivity contribution in [2.75, 3.05) is 25.5 Å². The van der Waals surface area contributed by atoms with Crippen LogP contribution in [0.25, 0.3) is 0 Å². The molecule has 1 aromatic rings. The van der Waals surface area contributed by atoms with Crippen molar-refractivity contribution in [2.24, 2.45) is 0 Å². The number of nitrogens with zero attached hydrogens (tertiary/aromatic N) is 1. The lowest BCUT2D eigenvalue weighted by Crippen LogP contribution is -2.34. The van der Waals surface area contributed by atoms with Crippen LogP contribution in [0.1, 0.15) is 24.8 Å². The molecule has 0 saturated carbocycles. The molecular formula is C15H19F3N2O. The van der Waals surface area contributed by atoms with Gasteiger partial charge in [0.2, 0.25) is 0 Å². The van der Waals surface area contributed by atoms with Crippen LogP contribution >= 0.6 is 0 Å². The molecule has 2 aliphatic heterocycles. The molecule has 0 amide bonds. The molecule has 0 aliphatic carbocycles. The molecule has 2 saturated heterocycles. The summed E-state index contributed by atoms with van der Waals surface area (Å²) in [4.78, 5) is 2.37. The molecule has 2 heterocycles. The molecule has 3 rings (SSSR count). The van der Waals surface area contributed by atoms with Crippen molar-refractivity contribution in [2.45, 2.75) is 37.5 Å². The van der Waals surface area contributed by atoms with Crippen molar-refractivity contribution in [3.63, 3.8) is 0 Å². The number of alkyl halides is 3. The summed E-state index contributed by atoms with van der Waals surface area (Å²) in [5.41, 5.74) is -0.500. The third-order valence-electron chi connectivity index (χ3n) is 4.48. The monoisotopic (exact) mass is 300 g/mol. The Kier molecular flexibility index (Phi) is 3.73. The van der Waals surface area contributed by atoms with Gasteiger partial charge in [-0.1, -0.05) is 0 Å². The maximum absolute atomic E-state index is 13.2. The number of halogens is 3. The van der Waals surface area contributed by atoms with Crippen molar-refractivity contribution in [3.8, 4) is 5.75 Å². The highest BCUT2D eigenvalue weighted by Crippen LogP contribution is 2.39. The lowest BCUT2D eigenvalue weighted by atomic mass is 10.0. The van der Waals surface area contributed by atoms with Crippen molar-refractivity contribution >= 4 is 5.69 Å². The summed E-state index contributed by atoms with van der Waals surface area (Å²) in [6, 6.07) is 4.57. The highest BCUT2D eigenvalue weighted by Gasteiger charge is 2.39. The SMILES string of the molecule is COc1ccc(NC2CCN3CCCC23)c(C(F)(F)F)c1. The lowest BCUT2D eigenvalue weighted by Gasteiger charge is -2.24. The summed E-state index contributed by atoms with van der Waals surface area (Å²) >= 11 is 0. The number of rotatable bonds is 3. The van der Waals surface area contributed by atoms with Crippen LogP contribution in [0.15, 0.2) is 18.2 Å². The van der Waals surface area contributed by atoms with E-state index in [1.807, 2.05) is 0 Å². The second-order valence-corrected chi connectivity index (χ2v) is 5.69. The van der Waals surface area contributed by atoms with E-state index in [1.54, 1.807) is 6.07 Å². The summed E-state index contributed by atoms with van der Waals surface area (Å²) < 4.78 is 44.5. The maximum Gasteiger partial charge on any atom is 0.418 e. The van der Waals surface area contributed by atoms with E-state index >= 15 is 0 Å². The fourth-order valence-electron chi connectivity index (χ4n) is 3.46.